The Bertz CT molecular complexity index is 543. The number of benzene rings is 2. The zero-order valence-electron chi connectivity index (χ0n) is 10.1. The van der Waals surface area contributed by atoms with Crippen molar-refractivity contribution in [3.63, 3.8) is 0 Å². The zero-order chi connectivity index (χ0) is 13.0. The first kappa shape index (κ1) is 12.7. The van der Waals surface area contributed by atoms with Gasteiger partial charge in [0.05, 0.1) is 17.3 Å². The molecule has 18 heavy (non-hydrogen) atoms. The lowest BCUT2D eigenvalue weighted by molar-refractivity contribution is 0.185. The molecule has 0 aliphatic carbocycles. The fourth-order valence-corrected chi connectivity index (χ4v) is 1.94. The molecular weight excluding hydrogens is 248 g/mol. The summed E-state index contributed by atoms with van der Waals surface area (Å²) in [4.78, 5) is 0. The van der Waals surface area contributed by atoms with E-state index in [1.165, 1.54) is 0 Å². The number of methoxy groups -OCH3 is 1. The van der Waals surface area contributed by atoms with Crippen molar-refractivity contribution in [2.45, 2.75) is 6.61 Å². The first-order chi connectivity index (χ1) is 8.70. The smallest absolute Gasteiger partial charge is 0.0733 e. The first-order valence-corrected chi connectivity index (χ1v) is 5.97. The van der Waals surface area contributed by atoms with Gasteiger partial charge in [0.15, 0.2) is 0 Å². The number of hydrogen-bond donors (Lipinski definition) is 2. The minimum Gasteiger partial charge on any atom is -0.399 e. The lowest BCUT2D eigenvalue weighted by Gasteiger charge is -2.13. The Morgan fingerprint density at radius 3 is 2.67 bits per heavy atom. The molecule has 0 saturated heterocycles. The summed E-state index contributed by atoms with van der Waals surface area (Å²) in [5.74, 6) is 0. The average Bonchev–Trinajstić information content (AvgIpc) is 2.35. The topological polar surface area (TPSA) is 47.3 Å². The highest BCUT2D eigenvalue weighted by atomic mass is 35.5. The third kappa shape index (κ3) is 2.94. The molecule has 4 heteroatoms. The second-order valence-electron chi connectivity index (χ2n) is 3.95. The highest BCUT2D eigenvalue weighted by Gasteiger charge is 2.05. The number of rotatable bonds is 4. The van der Waals surface area contributed by atoms with Crippen LogP contribution in [0.15, 0.2) is 42.5 Å². The Labute approximate surface area is 112 Å². The van der Waals surface area contributed by atoms with E-state index >= 15 is 0 Å². The second-order valence-corrected chi connectivity index (χ2v) is 4.36. The van der Waals surface area contributed by atoms with Crippen molar-refractivity contribution in [2.24, 2.45) is 0 Å². The van der Waals surface area contributed by atoms with Gasteiger partial charge in [0.25, 0.3) is 0 Å². The molecule has 2 aromatic carbocycles. The average molecular weight is 263 g/mol. The largest absolute Gasteiger partial charge is 0.399 e. The fourth-order valence-electron chi connectivity index (χ4n) is 1.70. The van der Waals surface area contributed by atoms with Gasteiger partial charge in [0.1, 0.15) is 0 Å². The van der Waals surface area contributed by atoms with Crippen molar-refractivity contribution in [3.8, 4) is 0 Å². The number of para-hydroxylation sites is 1. The highest BCUT2D eigenvalue weighted by molar-refractivity contribution is 6.33. The molecule has 0 amide bonds. The summed E-state index contributed by atoms with van der Waals surface area (Å²) >= 11 is 6.14. The van der Waals surface area contributed by atoms with Gasteiger partial charge >= 0.3 is 0 Å². The van der Waals surface area contributed by atoms with Crippen molar-refractivity contribution in [1.82, 2.24) is 0 Å². The number of nitrogen functional groups attached to an aromatic ring is 1. The molecule has 3 nitrogen and oxygen atoms in total. The quantitative estimate of drug-likeness (QED) is 0.824. The van der Waals surface area contributed by atoms with Crippen molar-refractivity contribution >= 4 is 28.7 Å². The minimum absolute atomic E-state index is 0.551. The SMILES string of the molecule is COCc1ccccc1Nc1ccc(N)cc1Cl. The van der Waals surface area contributed by atoms with Gasteiger partial charge in [0, 0.05) is 24.0 Å². The summed E-state index contributed by atoms with van der Waals surface area (Å²) in [6.45, 7) is 0.551. The molecule has 94 valence electrons. The molecule has 0 heterocycles. The maximum Gasteiger partial charge on any atom is 0.0733 e. The highest BCUT2D eigenvalue weighted by Crippen LogP contribution is 2.28. The van der Waals surface area contributed by atoms with Gasteiger partial charge in [0.2, 0.25) is 0 Å². The second kappa shape index (κ2) is 5.76. The molecule has 3 N–H and O–H groups in total. The van der Waals surface area contributed by atoms with E-state index in [1.54, 1.807) is 13.2 Å². The lowest BCUT2D eigenvalue weighted by atomic mass is 10.1. The Morgan fingerprint density at radius 1 is 1.17 bits per heavy atom. The predicted molar refractivity (Wildman–Crippen MR) is 76.3 cm³/mol. The number of nitrogens with two attached hydrogens (primary N) is 1. The molecule has 0 aliphatic heterocycles. The van der Waals surface area contributed by atoms with Crippen LogP contribution in [0.5, 0.6) is 0 Å². The minimum atomic E-state index is 0.551. The molecule has 0 aliphatic rings. The summed E-state index contributed by atoms with van der Waals surface area (Å²) < 4.78 is 5.16. The zero-order valence-corrected chi connectivity index (χ0v) is 10.9. The molecule has 0 aromatic heterocycles. The number of halogens is 1. The van der Waals surface area contributed by atoms with Crippen molar-refractivity contribution < 1.29 is 4.74 Å². The van der Waals surface area contributed by atoms with Crippen LogP contribution in [0.25, 0.3) is 0 Å². The van der Waals surface area contributed by atoms with Crippen LogP contribution >= 0.6 is 11.6 Å². The van der Waals surface area contributed by atoms with E-state index < -0.39 is 0 Å². The summed E-state index contributed by atoms with van der Waals surface area (Å²) in [6, 6.07) is 13.3. The standard InChI is InChI=1S/C14H15ClN2O/c1-18-9-10-4-2-3-5-13(10)17-14-7-6-11(16)8-12(14)15/h2-8,17H,9,16H2,1H3. The van der Waals surface area contributed by atoms with E-state index in [9.17, 15) is 0 Å². The van der Waals surface area contributed by atoms with Crippen LogP contribution in [0.3, 0.4) is 0 Å². The van der Waals surface area contributed by atoms with Crippen LogP contribution in [0, 0.1) is 0 Å². The molecule has 0 radical (unpaired) electrons. The van der Waals surface area contributed by atoms with Gasteiger partial charge in [-0.15, -0.1) is 0 Å². The van der Waals surface area contributed by atoms with E-state index in [-0.39, 0.29) is 0 Å². The summed E-state index contributed by atoms with van der Waals surface area (Å²) in [6.07, 6.45) is 0. The van der Waals surface area contributed by atoms with E-state index in [0.717, 1.165) is 16.9 Å². The van der Waals surface area contributed by atoms with E-state index in [1.807, 2.05) is 36.4 Å². The third-order valence-electron chi connectivity index (χ3n) is 2.58. The van der Waals surface area contributed by atoms with E-state index in [2.05, 4.69) is 5.32 Å². The van der Waals surface area contributed by atoms with Crippen LogP contribution in [0.1, 0.15) is 5.56 Å². The summed E-state index contributed by atoms with van der Waals surface area (Å²) in [5, 5.41) is 3.88. The van der Waals surface area contributed by atoms with Crippen LogP contribution in [-0.2, 0) is 11.3 Å². The van der Waals surface area contributed by atoms with Crippen LogP contribution < -0.4 is 11.1 Å². The molecule has 0 spiro atoms. The Morgan fingerprint density at radius 2 is 1.94 bits per heavy atom. The molecule has 2 aromatic rings. The van der Waals surface area contributed by atoms with Crippen LogP contribution in [0.4, 0.5) is 17.1 Å². The van der Waals surface area contributed by atoms with E-state index in [0.29, 0.717) is 17.3 Å². The normalized spacial score (nSPS) is 10.3. The Kier molecular flexibility index (Phi) is 4.07. The van der Waals surface area contributed by atoms with Gasteiger partial charge in [-0.2, -0.15) is 0 Å². The summed E-state index contributed by atoms with van der Waals surface area (Å²) in [7, 11) is 1.67. The van der Waals surface area contributed by atoms with E-state index in [4.69, 9.17) is 22.1 Å². The third-order valence-corrected chi connectivity index (χ3v) is 2.89. The first-order valence-electron chi connectivity index (χ1n) is 5.59. The molecule has 0 saturated carbocycles. The van der Waals surface area contributed by atoms with Gasteiger partial charge < -0.3 is 15.8 Å². The molecular formula is C14H15ClN2O. The molecule has 0 bridgehead atoms. The van der Waals surface area contributed by atoms with Gasteiger partial charge in [-0.25, -0.2) is 0 Å². The maximum atomic E-state index is 6.14. The number of anilines is 3. The van der Waals surface area contributed by atoms with Crippen LogP contribution in [0.2, 0.25) is 5.02 Å². The maximum absolute atomic E-state index is 6.14. The Hall–Kier alpha value is -1.71. The lowest BCUT2D eigenvalue weighted by Crippen LogP contribution is -1.98. The van der Waals surface area contributed by atoms with Gasteiger partial charge in [-0.05, 0) is 24.3 Å². The number of nitrogens with one attached hydrogen (secondary N) is 1. The molecule has 0 atom stereocenters. The van der Waals surface area contributed by atoms with Gasteiger partial charge in [-0.1, -0.05) is 29.8 Å². The predicted octanol–water partition coefficient (Wildman–Crippen LogP) is 3.81. The fraction of sp³-hybridized carbons (Fsp3) is 0.143. The van der Waals surface area contributed by atoms with Crippen molar-refractivity contribution in [2.75, 3.05) is 18.2 Å². The molecule has 2 rings (SSSR count). The number of hydrogen-bond acceptors (Lipinski definition) is 3. The summed E-state index contributed by atoms with van der Waals surface area (Å²) in [5.41, 5.74) is 9.20. The molecule has 0 unspecified atom stereocenters. The monoisotopic (exact) mass is 262 g/mol. The van der Waals surface area contributed by atoms with Crippen molar-refractivity contribution in [1.29, 1.82) is 0 Å². The Balaban J connectivity index is 2.28. The van der Waals surface area contributed by atoms with Crippen LogP contribution in [-0.4, -0.2) is 7.11 Å². The van der Waals surface area contributed by atoms with Gasteiger partial charge in [-0.3, -0.25) is 0 Å². The van der Waals surface area contributed by atoms with Crippen molar-refractivity contribution in [3.05, 3.63) is 53.1 Å². The molecule has 0 fully saturated rings. The number of ether oxygens (including phenoxy) is 1.